The van der Waals surface area contributed by atoms with E-state index in [1.54, 1.807) is 6.92 Å². The minimum absolute atomic E-state index is 0.0424. The highest BCUT2D eigenvalue weighted by molar-refractivity contribution is 5.74. The number of aliphatic carboxylic acids is 1. The molecule has 0 aromatic heterocycles. The van der Waals surface area contributed by atoms with Crippen molar-refractivity contribution in [3.63, 3.8) is 0 Å². The third-order valence-electron chi connectivity index (χ3n) is 7.20. The Morgan fingerprint density at radius 1 is 1.00 bits per heavy atom. The van der Waals surface area contributed by atoms with Crippen LogP contribution in [0.2, 0.25) is 0 Å². The minimum Gasteiger partial charge on any atom is -0.492 e. The van der Waals surface area contributed by atoms with Crippen LogP contribution in [0.15, 0.2) is 54.6 Å². The number of urea groups is 1. The van der Waals surface area contributed by atoms with Crippen molar-refractivity contribution >= 4 is 12.0 Å². The Balaban J connectivity index is 1.47. The summed E-state index contributed by atoms with van der Waals surface area (Å²) in [6.07, 6.45) is 9.11. The zero-order chi connectivity index (χ0) is 27.0. The number of hydrogen-bond acceptors (Lipinski definition) is 4. The molecule has 2 aromatic rings. The lowest BCUT2D eigenvalue weighted by Gasteiger charge is -2.26. The van der Waals surface area contributed by atoms with Gasteiger partial charge in [-0.1, -0.05) is 74.6 Å². The van der Waals surface area contributed by atoms with E-state index in [4.69, 9.17) is 9.47 Å². The fourth-order valence-electron chi connectivity index (χ4n) is 5.06. The first-order valence-corrected chi connectivity index (χ1v) is 14.2. The van der Waals surface area contributed by atoms with E-state index in [2.05, 4.69) is 17.4 Å². The molecule has 2 aromatic carbocycles. The number of amides is 2. The fourth-order valence-corrected chi connectivity index (χ4v) is 5.06. The molecule has 208 valence electrons. The Hall–Kier alpha value is -3.06. The average molecular weight is 525 g/mol. The number of ether oxygens (including phenoxy) is 2. The van der Waals surface area contributed by atoms with Crippen LogP contribution in [-0.2, 0) is 22.4 Å². The van der Waals surface area contributed by atoms with Gasteiger partial charge in [-0.15, -0.1) is 0 Å². The molecular formula is C31H44N2O5. The van der Waals surface area contributed by atoms with Gasteiger partial charge < -0.3 is 24.8 Å². The monoisotopic (exact) mass is 524 g/mol. The van der Waals surface area contributed by atoms with Crippen molar-refractivity contribution in [2.24, 2.45) is 5.92 Å². The Kier molecular flexibility index (Phi) is 13.0. The van der Waals surface area contributed by atoms with E-state index in [1.165, 1.54) is 44.1 Å². The SMILES string of the molecule is CCOC(Cc1ccc(OCCN(CCCC2CCCCC2)C(=O)NCCc2ccccc2)cc1)C(=O)O. The summed E-state index contributed by atoms with van der Waals surface area (Å²) < 4.78 is 11.2. The van der Waals surface area contributed by atoms with Gasteiger partial charge in [0.15, 0.2) is 6.10 Å². The van der Waals surface area contributed by atoms with Crippen LogP contribution in [0.5, 0.6) is 5.75 Å². The van der Waals surface area contributed by atoms with Crippen molar-refractivity contribution in [1.29, 1.82) is 0 Å². The maximum atomic E-state index is 13.0. The summed E-state index contributed by atoms with van der Waals surface area (Å²) in [5, 5.41) is 12.4. The van der Waals surface area contributed by atoms with Crippen molar-refractivity contribution < 1.29 is 24.2 Å². The highest BCUT2D eigenvalue weighted by Gasteiger charge is 2.19. The van der Waals surface area contributed by atoms with Gasteiger partial charge in [0.2, 0.25) is 0 Å². The number of carbonyl (C=O) groups is 2. The van der Waals surface area contributed by atoms with Gasteiger partial charge in [0.1, 0.15) is 12.4 Å². The molecular weight excluding hydrogens is 480 g/mol. The van der Waals surface area contributed by atoms with Crippen LogP contribution >= 0.6 is 0 Å². The molecule has 1 aliphatic carbocycles. The average Bonchev–Trinajstić information content (AvgIpc) is 2.94. The quantitative estimate of drug-likeness (QED) is 0.294. The zero-order valence-electron chi connectivity index (χ0n) is 22.8. The molecule has 0 aliphatic heterocycles. The van der Waals surface area contributed by atoms with Crippen molar-refractivity contribution in [1.82, 2.24) is 10.2 Å². The van der Waals surface area contributed by atoms with Crippen molar-refractivity contribution in [3.05, 3.63) is 65.7 Å². The second-order valence-electron chi connectivity index (χ2n) is 10.1. The number of carbonyl (C=O) groups excluding carboxylic acids is 1. The zero-order valence-corrected chi connectivity index (χ0v) is 22.8. The standard InChI is InChI=1S/C31H44N2O5/c1-2-37-29(30(34)35)24-27-15-17-28(18-16-27)38-23-22-33(21-9-14-25-10-5-3-6-11-25)31(36)32-20-19-26-12-7-4-8-13-26/h4,7-8,12-13,15-18,25,29H,2-3,5-6,9-11,14,19-24H2,1H3,(H,32,36)(H,34,35). The molecule has 0 saturated heterocycles. The highest BCUT2D eigenvalue weighted by atomic mass is 16.5. The van der Waals surface area contributed by atoms with Gasteiger partial charge in [0.25, 0.3) is 0 Å². The first kappa shape index (κ1) is 29.5. The summed E-state index contributed by atoms with van der Waals surface area (Å²) >= 11 is 0. The van der Waals surface area contributed by atoms with Crippen LogP contribution in [0.4, 0.5) is 4.79 Å². The number of hydrogen-bond donors (Lipinski definition) is 2. The second kappa shape index (κ2) is 16.7. The first-order valence-electron chi connectivity index (χ1n) is 14.2. The van der Waals surface area contributed by atoms with Gasteiger partial charge in [-0.3, -0.25) is 0 Å². The summed E-state index contributed by atoms with van der Waals surface area (Å²) in [6.45, 7) is 4.37. The summed E-state index contributed by atoms with van der Waals surface area (Å²) in [6, 6.07) is 17.5. The molecule has 38 heavy (non-hydrogen) atoms. The lowest BCUT2D eigenvalue weighted by molar-refractivity contribution is -0.149. The smallest absolute Gasteiger partial charge is 0.333 e. The fraction of sp³-hybridized carbons (Fsp3) is 0.548. The third-order valence-corrected chi connectivity index (χ3v) is 7.20. The molecule has 2 amide bonds. The first-order chi connectivity index (χ1) is 18.5. The molecule has 0 spiro atoms. The van der Waals surface area contributed by atoms with Crippen LogP contribution in [0.3, 0.4) is 0 Å². The summed E-state index contributed by atoms with van der Waals surface area (Å²) in [4.78, 5) is 26.2. The van der Waals surface area contributed by atoms with Crippen LogP contribution in [0.25, 0.3) is 0 Å². The largest absolute Gasteiger partial charge is 0.492 e. The molecule has 0 radical (unpaired) electrons. The molecule has 1 aliphatic rings. The van der Waals surface area contributed by atoms with Crippen LogP contribution < -0.4 is 10.1 Å². The maximum absolute atomic E-state index is 13.0. The van der Waals surface area contributed by atoms with Crippen LogP contribution in [0, 0.1) is 5.92 Å². The van der Waals surface area contributed by atoms with E-state index in [0.29, 0.717) is 38.5 Å². The number of rotatable bonds is 16. The van der Waals surface area contributed by atoms with E-state index in [1.807, 2.05) is 47.4 Å². The molecule has 1 atom stereocenters. The van der Waals surface area contributed by atoms with E-state index in [-0.39, 0.29) is 6.03 Å². The predicted molar refractivity (Wildman–Crippen MR) is 150 cm³/mol. The van der Waals surface area contributed by atoms with Crippen molar-refractivity contribution in [2.45, 2.75) is 70.8 Å². The maximum Gasteiger partial charge on any atom is 0.333 e. The summed E-state index contributed by atoms with van der Waals surface area (Å²) in [5.41, 5.74) is 2.08. The van der Waals surface area contributed by atoms with Gasteiger partial charge in [-0.05, 0) is 55.4 Å². The summed E-state index contributed by atoms with van der Waals surface area (Å²) in [7, 11) is 0. The molecule has 7 nitrogen and oxygen atoms in total. The van der Waals surface area contributed by atoms with Gasteiger partial charge in [0.05, 0.1) is 6.54 Å². The molecule has 1 unspecified atom stereocenters. The van der Waals surface area contributed by atoms with Crippen molar-refractivity contribution in [3.8, 4) is 5.75 Å². The topological polar surface area (TPSA) is 88.1 Å². The third kappa shape index (κ3) is 10.7. The Bertz CT molecular complexity index is 945. The Morgan fingerprint density at radius 2 is 1.74 bits per heavy atom. The Morgan fingerprint density at radius 3 is 2.42 bits per heavy atom. The lowest BCUT2D eigenvalue weighted by atomic mass is 9.86. The number of carboxylic acids is 1. The van der Waals surface area contributed by atoms with Crippen LogP contribution in [-0.4, -0.2) is 61.0 Å². The van der Waals surface area contributed by atoms with Crippen LogP contribution in [0.1, 0.15) is 63.0 Å². The summed E-state index contributed by atoms with van der Waals surface area (Å²) in [5.74, 6) is 0.534. The molecule has 3 rings (SSSR count). The number of carboxylic acid groups (broad SMARTS) is 1. The molecule has 1 fully saturated rings. The number of benzene rings is 2. The Labute approximate surface area is 227 Å². The highest BCUT2D eigenvalue weighted by Crippen LogP contribution is 2.27. The van der Waals surface area contributed by atoms with E-state index >= 15 is 0 Å². The van der Waals surface area contributed by atoms with E-state index in [9.17, 15) is 14.7 Å². The van der Waals surface area contributed by atoms with E-state index in [0.717, 1.165) is 30.9 Å². The van der Waals surface area contributed by atoms with E-state index < -0.39 is 12.1 Å². The van der Waals surface area contributed by atoms with Gasteiger partial charge in [-0.2, -0.15) is 0 Å². The normalized spacial score (nSPS) is 14.6. The van der Waals surface area contributed by atoms with Gasteiger partial charge >= 0.3 is 12.0 Å². The molecule has 0 heterocycles. The van der Waals surface area contributed by atoms with Crippen molar-refractivity contribution in [2.75, 3.05) is 32.8 Å². The molecule has 0 bridgehead atoms. The minimum atomic E-state index is -0.960. The van der Waals surface area contributed by atoms with Gasteiger partial charge in [-0.25, -0.2) is 9.59 Å². The molecule has 2 N–H and O–H groups in total. The lowest BCUT2D eigenvalue weighted by Crippen LogP contribution is -2.43. The second-order valence-corrected chi connectivity index (χ2v) is 10.1. The molecule has 7 heteroatoms. The number of nitrogens with zero attached hydrogens (tertiary/aromatic N) is 1. The number of nitrogens with one attached hydrogen (secondary N) is 1. The van der Waals surface area contributed by atoms with Gasteiger partial charge in [0, 0.05) is 26.1 Å². The predicted octanol–water partition coefficient (Wildman–Crippen LogP) is 5.71. The molecule has 1 saturated carbocycles.